The lowest BCUT2D eigenvalue weighted by molar-refractivity contribution is 0.0695. The molecule has 2 heterocycles. The summed E-state index contributed by atoms with van der Waals surface area (Å²) in [5, 5.41) is 8.82. The maximum absolute atomic E-state index is 10.7. The summed E-state index contributed by atoms with van der Waals surface area (Å²) >= 11 is 0. The molecule has 1 aliphatic heterocycles. The lowest BCUT2D eigenvalue weighted by Gasteiger charge is -2.07. The fraction of sp³-hybridized carbons (Fsp3) is 0.500. The molecule has 1 N–H and O–H groups in total. The highest BCUT2D eigenvalue weighted by Gasteiger charge is 2.21. The predicted molar refractivity (Wildman–Crippen MR) is 51.9 cm³/mol. The van der Waals surface area contributed by atoms with Crippen molar-refractivity contribution < 1.29 is 14.6 Å². The van der Waals surface area contributed by atoms with Crippen LogP contribution in [0.5, 0.6) is 0 Å². The van der Waals surface area contributed by atoms with Gasteiger partial charge in [0, 0.05) is 18.7 Å². The second-order valence-corrected chi connectivity index (χ2v) is 3.59. The summed E-state index contributed by atoms with van der Waals surface area (Å²) in [6.07, 6.45) is 2.28. The molecule has 0 aliphatic carbocycles. The molecule has 15 heavy (non-hydrogen) atoms. The molecule has 0 bridgehead atoms. The quantitative estimate of drug-likeness (QED) is 0.784. The van der Waals surface area contributed by atoms with Crippen LogP contribution >= 0.6 is 0 Å². The van der Waals surface area contributed by atoms with E-state index in [4.69, 9.17) is 9.84 Å². The molecule has 1 aromatic heterocycles. The molecule has 1 atom stereocenters. The summed E-state index contributed by atoms with van der Waals surface area (Å²) in [6.45, 7) is 3.05. The van der Waals surface area contributed by atoms with Crippen LogP contribution in [0, 0.1) is 6.92 Å². The van der Waals surface area contributed by atoms with Crippen molar-refractivity contribution in [3.8, 4) is 0 Å². The first-order chi connectivity index (χ1) is 7.18. The Labute approximate surface area is 87.1 Å². The van der Waals surface area contributed by atoms with Gasteiger partial charge in [0.2, 0.25) is 0 Å². The van der Waals surface area contributed by atoms with E-state index in [9.17, 15) is 4.79 Å². The molecule has 0 saturated carbocycles. The standard InChI is InChI=1S/C10H12N2O3/c1-6-8(10(13)14)4-11-9(12-6)7-2-3-15-5-7/h4,7H,2-3,5H2,1H3,(H,13,14). The molecule has 5 nitrogen and oxygen atoms in total. The van der Waals surface area contributed by atoms with Gasteiger partial charge in [0.1, 0.15) is 5.82 Å². The number of hydrogen-bond acceptors (Lipinski definition) is 4. The lowest BCUT2D eigenvalue weighted by atomic mass is 10.1. The molecule has 1 saturated heterocycles. The van der Waals surface area contributed by atoms with Crippen LogP contribution in [0.1, 0.15) is 34.2 Å². The third-order valence-corrected chi connectivity index (χ3v) is 2.52. The molecule has 1 unspecified atom stereocenters. The summed E-state index contributed by atoms with van der Waals surface area (Å²) in [4.78, 5) is 19.0. The highest BCUT2D eigenvalue weighted by Crippen LogP contribution is 2.22. The SMILES string of the molecule is Cc1nc(C2CCOC2)ncc1C(=O)O. The predicted octanol–water partition coefficient (Wildman–Crippen LogP) is 0.987. The van der Waals surface area contributed by atoms with Crippen molar-refractivity contribution in [3.05, 3.63) is 23.3 Å². The summed E-state index contributed by atoms with van der Waals surface area (Å²) < 4.78 is 5.23. The van der Waals surface area contributed by atoms with Crippen molar-refractivity contribution in [3.63, 3.8) is 0 Å². The Balaban J connectivity index is 2.28. The van der Waals surface area contributed by atoms with E-state index in [0.29, 0.717) is 18.1 Å². The maximum Gasteiger partial charge on any atom is 0.339 e. The Hall–Kier alpha value is -1.49. The van der Waals surface area contributed by atoms with Crippen molar-refractivity contribution in [2.75, 3.05) is 13.2 Å². The highest BCUT2D eigenvalue weighted by atomic mass is 16.5. The summed E-state index contributed by atoms with van der Waals surface area (Å²) in [5.41, 5.74) is 0.678. The largest absolute Gasteiger partial charge is 0.478 e. The first-order valence-electron chi connectivity index (χ1n) is 4.83. The topological polar surface area (TPSA) is 72.3 Å². The first kappa shape index (κ1) is 10.0. The van der Waals surface area contributed by atoms with Crippen LogP contribution < -0.4 is 0 Å². The van der Waals surface area contributed by atoms with E-state index in [1.807, 2.05) is 0 Å². The number of aromatic nitrogens is 2. The molecular formula is C10H12N2O3. The molecule has 1 fully saturated rings. The fourth-order valence-electron chi connectivity index (χ4n) is 1.63. The van der Waals surface area contributed by atoms with Gasteiger partial charge in [0.15, 0.2) is 0 Å². The Kier molecular flexibility index (Phi) is 2.64. The number of carboxylic acid groups (broad SMARTS) is 1. The van der Waals surface area contributed by atoms with Gasteiger partial charge >= 0.3 is 5.97 Å². The van der Waals surface area contributed by atoms with E-state index in [2.05, 4.69) is 9.97 Å². The molecule has 0 amide bonds. The number of aryl methyl sites for hydroxylation is 1. The summed E-state index contributed by atoms with van der Waals surface area (Å²) in [7, 11) is 0. The fourth-order valence-corrected chi connectivity index (χ4v) is 1.63. The monoisotopic (exact) mass is 208 g/mol. The Bertz CT molecular complexity index is 386. The number of ether oxygens (including phenoxy) is 1. The van der Waals surface area contributed by atoms with E-state index in [0.717, 1.165) is 13.0 Å². The zero-order chi connectivity index (χ0) is 10.8. The third-order valence-electron chi connectivity index (χ3n) is 2.52. The summed E-state index contributed by atoms with van der Waals surface area (Å²) in [6, 6.07) is 0. The second kappa shape index (κ2) is 3.94. The number of hydrogen-bond donors (Lipinski definition) is 1. The van der Waals surface area contributed by atoms with Crippen LogP contribution in [-0.2, 0) is 4.74 Å². The Morgan fingerprint density at radius 2 is 2.47 bits per heavy atom. The minimum Gasteiger partial charge on any atom is -0.478 e. The number of nitrogens with zero attached hydrogens (tertiary/aromatic N) is 2. The van der Waals surface area contributed by atoms with Crippen LogP contribution in [-0.4, -0.2) is 34.3 Å². The minimum absolute atomic E-state index is 0.165. The van der Waals surface area contributed by atoms with Gasteiger partial charge in [-0.05, 0) is 13.3 Å². The van der Waals surface area contributed by atoms with Gasteiger partial charge in [-0.25, -0.2) is 14.8 Å². The average Bonchev–Trinajstić information content (AvgIpc) is 2.69. The molecular weight excluding hydrogens is 196 g/mol. The number of rotatable bonds is 2. The normalized spacial score (nSPS) is 20.5. The van der Waals surface area contributed by atoms with Crippen molar-refractivity contribution in [2.24, 2.45) is 0 Å². The summed E-state index contributed by atoms with van der Waals surface area (Å²) in [5.74, 6) is -0.0803. The van der Waals surface area contributed by atoms with Gasteiger partial charge in [-0.15, -0.1) is 0 Å². The van der Waals surface area contributed by atoms with Crippen LogP contribution in [0.25, 0.3) is 0 Å². The second-order valence-electron chi connectivity index (χ2n) is 3.59. The number of carboxylic acids is 1. The van der Waals surface area contributed by atoms with Gasteiger partial charge in [-0.3, -0.25) is 0 Å². The first-order valence-corrected chi connectivity index (χ1v) is 4.83. The highest BCUT2D eigenvalue weighted by molar-refractivity contribution is 5.88. The smallest absolute Gasteiger partial charge is 0.339 e. The molecule has 2 rings (SSSR count). The van der Waals surface area contributed by atoms with E-state index in [1.165, 1.54) is 6.20 Å². The average molecular weight is 208 g/mol. The van der Waals surface area contributed by atoms with Gasteiger partial charge in [0.05, 0.1) is 17.9 Å². The van der Waals surface area contributed by atoms with Crippen LogP contribution in [0.15, 0.2) is 6.20 Å². The zero-order valence-electron chi connectivity index (χ0n) is 8.43. The van der Waals surface area contributed by atoms with E-state index >= 15 is 0 Å². The van der Waals surface area contributed by atoms with E-state index in [-0.39, 0.29) is 11.5 Å². The van der Waals surface area contributed by atoms with E-state index < -0.39 is 5.97 Å². The van der Waals surface area contributed by atoms with Crippen LogP contribution in [0.3, 0.4) is 0 Å². The number of aromatic carboxylic acids is 1. The van der Waals surface area contributed by atoms with Gasteiger partial charge in [-0.2, -0.15) is 0 Å². The minimum atomic E-state index is -0.985. The molecule has 0 spiro atoms. The van der Waals surface area contributed by atoms with E-state index in [1.54, 1.807) is 6.92 Å². The van der Waals surface area contributed by atoms with Crippen LogP contribution in [0.2, 0.25) is 0 Å². The third kappa shape index (κ3) is 1.97. The Morgan fingerprint density at radius 3 is 3.00 bits per heavy atom. The maximum atomic E-state index is 10.7. The zero-order valence-corrected chi connectivity index (χ0v) is 8.43. The van der Waals surface area contributed by atoms with Gasteiger partial charge in [-0.1, -0.05) is 0 Å². The van der Waals surface area contributed by atoms with Crippen molar-refractivity contribution in [1.29, 1.82) is 0 Å². The Morgan fingerprint density at radius 1 is 1.67 bits per heavy atom. The molecule has 80 valence electrons. The molecule has 1 aromatic rings. The van der Waals surface area contributed by atoms with Crippen molar-refractivity contribution in [1.82, 2.24) is 9.97 Å². The van der Waals surface area contributed by atoms with Crippen LogP contribution in [0.4, 0.5) is 0 Å². The molecule has 0 radical (unpaired) electrons. The van der Waals surface area contributed by atoms with Gasteiger partial charge < -0.3 is 9.84 Å². The molecule has 0 aromatic carbocycles. The molecule has 1 aliphatic rings. The lowest BCUT2D eigenvalue weighted by Crippen LogP contribution is -2.09. The van der Waals surface area contributed by atoms with Crippen molar-refractivity contribution >= 4 is 5.97 Å². The number of carbonyl (C=O) groups is 1. The van der Waals surface area contributed by atoms with Gasteiger partial charge in [0.25, 0.3) is 0 Å². The van der Waals surface area contributed by atoms with Crippen molar-refractivity contribution in [2.45, 2.75) is 19.3 Å². The molecule has 5 heteroatoms.